The summed E-state index contributed by atoms with van der Waals surface area (Å²) in [6.45, 7) is 5.03. The predicted molar refractivity (Wildman–Crippen MR) is 180 cm³/mol. The van der Waals surface area contributed by atoms with Gasteiger partial charge in [0.2, 0.25) is 5.91 Å². The van der Waals surface area contributed by atoms with E-state index in [2.05, 4.69) is 30.1 Å². The van der Waals surface area contributed by atoms with Gasteiger partial charge in [-0.2, -0.15) is 0 Å². The summed E-state index contributed by atoms with van der Waals surface area (Å²) in [5.41, 5.74) is 4.15. The fourth-order valence-corrected chi connectivity index (χ4v) is 5.19. The molecule has 0 fully saturated rings. The molecule has 3 aromatic rings. The lowest BCUT2D eigenvalue weighted by Gasteiger charge is -2.23. The zero-order valence-corrected chi connectivity index (χ0v) is 27.7. The molecule has 0 radical (unpaired) electrons. The smallest absolute Gasteiger partial charge is 0.224 e. The average Bonchev–Trinajstić information content (AvgIpc) is 2.99. The van der Waals surface area contributed by atoms with Crippen LogP contribution in [-0.4, -0.2) is 24.6 Å². The molecule has 42 heavy (non-hydrogen) atoms. The van der Waals surface area contributed by atoms with E-state index >= 15 is 0 Å². The van der Waals surface area contributed by atoms with Gasteiger partial charge < -0.3 is 14.4 Å². The van der Waals surface area contributed by atoms with Gasteiger partial charge in [0.15, 0.2) is 11.5 Å². The number of unbranched alkanes of at least 4 members (excludes halogenated alkanes) is 11. The van der Waals surface area contributed by atoms with Crippen molar-refractivity contribution in [1.29, 1.82) is 0 Å². The maximum absolute atomic E-state index is 12.6. The van der Waals surface area contributed by atoms with Crippen molar-refractivity contribution in [2.45, 2.75) is 104 Å². The number of anilines is 1. The second-order valence-corrected chi connectivity index (χ2v) is 11.0. The van der Waals surface area contributed by atoms with E-state index < -0.39 is 0 Å². The van der Waals surface area contributed by atoms with Crippen molar-refractivity contribution in [2.24, 2.45) is 0 Å². The largest absolute Gasteiger partial charge is 0.493 e. The van der Waals surface area contributed by atoms with Crippen molar-refractivity contribution in [2.75, 3.05) is 18.6 Å². The molecule has 0 aliphatic heterocycles. The van der Waals surface area contributed by atoms with Gasteiger partial charge in [-0.25, -0.2) is 0 Å². The molecule has 0 spiro atoms. The molecule has 0 N–H and O–H groups in total. The minimum atomic E-state index is -0.00482. The van der Waals surface area contributed by atoms with Gasteiger partial charge in [0.25, 0.3) is 0 Å². The van der Waals surface area contributed by atoms with E-state index in [-0.39, 0.29) is 22.9 Å². The summed E-state index contributed by atoms with van der Waals surface area (Å²) < 4.78 is 11.7. The monoisotopic (exact) mass is 638 g/mol. The van der Waals surface area contributed by atoms with E-state index in [4.69, 9.17) is 9.47 Å². The molecule has 1 heterocycles. The lowest BCUT2D eigenvalue weighted by molar-refractivity contribution is -0.116. The first-order chi connectivity index (χ1) is 20.1. The van der Waals surface area contributed by atoms with Crippen LogP contribution in [0.25, 0.3) is 0 Å². The Balaban J connectivity index is 0.00000616. The topological polar surface area (TPSA) is 51.7 Å². The minimum Gasteiger partial charge on any atom is -0.493 e. The van der Waals surface area contributed by atoms with Crippen LogP contribution in [0.3, 0.4) is 0 Å². The number of benzene rings is 2. The summed E-state index contributed by atoms with van der Waals surface area (Å²) in [6.07, 6.45) is 20.3. The fourth-order valence-electron chi connectivity index (χ4n) is 5.19. The van der Waals surface area contributed by atoms with Gasteiger partial charge in [0, 0.05) is 25.0 Å². The first-order valence-corrected chi connectivity index (χ1v) is 15.7. The van der Waals surface area contributed by atoms with Gasteiger partial charge >= 0.3 is 0 Å². The molecule has 6 heteroatoms. The maximum atomic E-state index is 12.6. The van der Waals surface area contributed by atoms with Crippen molar-refractivity contribution in [3.05, 3.63) is 83.7 Å². The van der Waals surface area contributed by atoms with Crippen molar-refractivity contribution < 1.29 is 14.3 Å². The Morgan fingerprint density at radius 2 is 1.43 bits per heavy atom. The van der Waals surface area contributed by atoms with E-state index in [1.807, 2.05) is 42.6 Å². The van der Waals surface area contributed by atoms with E-state index in [0.717, 1.165) is 41.0 Å². The molecular weight excluding hydrogens is 588 g/mol. The Labute approximate surface area is 264 Å². The van der Waals surface area contributed by atoms with Crippen molar-refractivity contribution in [1.82, 2.24) is 4.98 Å². The van der Waals surface area contributed by atoms with E-state index in [9.17, 15) is 4.79 Å². The minimum absolute atomic E-state index is 0. The van der Waals surface area contributed by atoms with Crippen LogP contribution in [-0.2, 0) is 17.8 Å². The van der Waals surface area contributed by atoms with E-state index in [1.54, 1.807) is 25.1 Å². The number of rotatable bonds is 20. The summed E-state index contributed by atoms with van der Waals surface area (Å²) in [5.74, 6) is 1.46. The number of nitrogens with zero attached hydrogens (tertiary/aromatic N) is 2. The molecule has 2 aromatic carbocycles. The number of aromatic nitrogens is 1. The first kappa shape index (κ1) is 35.3. The van der Waals surface area contributed by atoms with Gasteiger partial charge in [-0.05, 0) is 59.9 Å². The zero-order valence-electron chi connectivity index (χ0n) is 26.0. The third-order valence-corrected chi connectivity index (χ3v) is 7.56. The van der Waals surface area contributed by atoms with Crippen LogP contribution >= 0.6 is 17.0 Å². The molecule has 1 amide bonds. The molecule has 230 valence electrons. The molecule has 0 bridgehead atoms. The highest BCUT2D eigenvalue weighted by Gasteiger charge is 2.15. The molecule has 3 rings (SSSR count). The number of pyridine rings is 1. The number of amides is 1. The lowest BCUT2D eigenvalue weighted by Crippen LogP contribution is -2.27. The molecule has 0 aliphatic carbocycles. The molecule has 0 unspecified atom stereocenters. The van der Waals surface area contributed by atoms with Crippen molar-refractivity contribution in [3.8, 4) is 11.5 Å². The van der Waals surface area contributed by atoms with Crippen LogP contribution in [0.4, 0.5) is 5.69 Å². The second kappa shape index (κ2) is 20.9. The van der Waals surface area contributed by atoms with Crippen molar-refractivity contribution in [3.63, 3.8) is 0 Å². The normalized spacial score (nSPS) is 10.6. The second-order valence-electron chi connectivity index (χ2n) is 11.0. The zero-order chi connectivity index (χ0) is 29.1. The number of hydrogen-bond donors (Lipinski definition) is 0. The molecule has 0 saturated heterocycles. The summed E-state index contributed by atoms with van der Waals surface area (Å²) in [7, 11) is 1.67. The van der Waals surface area contributed by atoms with Gasteiger partial charge in [-0.1, -0.05) is 102 Å². The first-order valence-electron chi connectivity index (χ1n) is 15.7. The van der Waals surface area contributed by atoms with Crippen LogP contribution in [0.2, 0.25) is 0 Å². The van der Waals surface area contributed by atoms with Crippen molar-refractivity contribution >= 4 is 28.6 Å². The fraction of sp³-hybridized carbons (Fsp3) is 0.500. The number of halogens is 1. The van der Waals surface area contributed by atoms with Crippen LogP contribution in [0.5, 0.6) is 11.5 Å². The summed E-state index contributed by atoms with van der Waals surface area (Å²) in [4.78, 5) is 18.7. The van der Waals surface area contributed by atoms with Crippen LogP contribution in [0.1, 0.15) is 108 Å². The molecule has 0 aliphatic rings. The van der Waals surface area contributed by atoms with E-state index in [1.165, 1.54) is 70.6 Å². The van der Waals surface area contributed by atoms with Gasteiger partial charge in [-0.3, -0.25) is 9.78 Å². The van der Waals surface area contributed by atoms with Gasteiger partial charge in [-0.15, -0.1) is 17.0 Å². The Morgan fingerprint density at radius 1 is 0.762 bits per heavy atom. The Hall–Kier alpha value is -2.86. The summed E-state index contributed by atoms with van der Waals surface area (Å²) in [6, 6.07) is 18.1. The quantitative estimate of drug-likeness (QED) is 0.116. The number of ether oxygens (including phenoxy) is 2. The third kappa shape index (κ3) is 13.0. The molecule has 0 saturated carbocycles. The van der Waals surface area contributed by atoms with E-state index in [0.29, 0.717) is 18.9 Å². The predicted octanol–water partition coefficient (Wildman–Crippen LogP) is 9.89. The summed E-state index contributed by atoms with van der Waals surface area (Å²) >= 11 is 0. The standard InChI is InChI=1S/C36H50N2O3.BrH/c1-4-5-6-7-8-9-10-11-12-13-14-15-24-41-35-22-21-33(27-36(35)40-3)29-38(30(2)39)34-20-16-18-31(26-34)25-32-19-17-23-37-28-32;/h16-23,26-28H,4-15,24-25,29H2,1-3H3;1H. The number of carbonyl (C=O) groups excluding carboxylic acids is 1. The highest BCUT2D eigenvalue weighted by molar-refractivity contribution is 8.93. The third-order valence-electron chi connectivity index (χ3n) is 7.56. The van der Waals surface area contributed by atoms with Crippen LogP contribution in [0.15, 0.2) is 67.0 Å². The number of hydrogen-bond acceptors (Lipinski definition) is 4. The number of methoxy groups -OCH3 is 1. The van der Waals surface area contributed by atoms with Crippen LogP contribution < -0.4 is 14.4 Å². The van der Waals surface area contributed by atoms with Gasteiger partial charge in [0.1, 0.15) is 0 Å². The lowest BCUT2D eigenvalue weighted by atomic mass is 10.1. The Bertz CT molecular complexity index is 1160. The molecule has 0 atom stereocenters. The Kier molecular flexibility index (Phi) is 17.6. The number of carbonyl (C=O) groups is 1. The summed E-state index contributed by atoms with van der Waals surface area (Å²) in [5, 5.41) is 0. The van der Waals surface area contributed by atoms with Crippen LogP contribution in [0, 0.1) is 0 Å². The Morgan fingerprint density at radius 3 is 2.05 bits per heavy atom. The molecular formula is C36H51BrN2O3. The maximum Gasteiger partial charge on any atom is 0.224 e. The average molecular weight is 640 g/mol. The molecule has 1 aromatic heterocycles. The highest BCUT2D eigenvalue weighted by atomic mass is 79.9. The molecule has 5 nitrogen and oxygen atoms in total. The highest BCUT2D eigenvalue weighted by Crippen LogP contribution is 2.30. The van der Waals surface area contributed by atoms with Gasteiger partial charge in [0.05, 0.1) is 20.3 Å². The SMILES string of the molecule is Br.CCCCCCCCCCCCCCOc1ccc(CN(C(C)=O)c2cccc(Cc3cccnc3)c2)cc1OC.